The first-order valence-electron chi connectivity index (χ1n) is 9.70. The number of rotatable bonds is 8. The summed E-state index contributed by atoms with van der Waals surface area (Å²) in [5.74, 6) is 1.75. The number of furan rings is 1. The molecule has 0 spiro atoms. The zero-order valence-electron chi connectivity index (χ0n) is 17.9. The number of nitrogens with one attached hydrogen (secondary N) is 2. The van der Waals surface area contributed by atoms with E-state index in [0.29, 0.717) is 13.1 Å². The van der Waals surface area contributed by atoms with Crippen LogP contribution in [0.25, 0.3) is 0 Å². The molecule has 3 rings (SSSR count). The standard InChI is InChI=1S/C22H29N5OS.HI/c1-16-17(2)29-21(26-16)13-25-22(23-3)24-12-18-8-5-6-9-19(18)14-27(4)15-20-10-7-11-28-20;/h5-11H,12-15H2,1-4H3,(H2,23,24,25);1H. The molecule has 3 aromatic rings. The van der Waals surface area contributed by atoms with Crippen LogP contribution >= 0.6 is 35.3 Å². The Kier molecular flexibility index (Phi) is 9.80. The minimum atomic E-state index is 0. The summed E-state index contributed by atoms with van der Waals surface area (Å²) in [4.78, 5) is 12.4. The van der Waals surface area contributed by atoms with Crippen molar-refractivity contribution in [1.82, 2.24) is 20.5 Å². The SMILES string of the molecule is CN=C(NCc1nc(C)c(C)s1)NCc1ccccc1CN(C)Cc1ccco1.I. The molecule has 2 heterocycles. The van der Waals surface area contributed by atoms with Gasteiger partial charge in [0.05, 0.1) is 25.0 Å². The summed E-state index contributed by atoms with van der Waals surface area (Å²) in [5.41, 5.74) is 3.64. The van der Waals surface area contributed by atoms with E-state index in [1.54, 1.807) is 24.6 Å². The van der Waals surface area contributed by atoms with Crippen LogP contribution in [0, 0.1) is 13.8 Å². The highest BCUT2D eigenvalue weighted by Gasteiger charge is 2.09. The second-order valence-corrected chi connectivity index (χ2v) is 8.34. The van der Waals surface area contributed by atoms with Gasteiger partial charge in [-0.3, -0.25) is 9.89 Å². The van der Waals surface area contributed by atoms with Crippen LogP contribution < -0.4 is 10.6 Å². The van der Waals surface area contributed by atoms with Gasteiger partial charge in [0.2, 0.25) is 0 Å². The fraction of sp³-hybridized carbons (Fsp3) is 0.364. The second-order valence-electron chi connectivity index (χ2n) is 7.05. The van der Waals surface area contributed by atoms with E-state index in [1.165, 1.54) is 16.0 Å². The molecule has 6 nitrogen and oxygen atoms in total. The molecule has 0 unspecified atom stereocenters. The topological polar surface area (TPSA) is 65.7 Å². The molecule has 2 aromatic heterocycles. The minimum Gasteiger partial charge on any atom is -0.468 e. The number of hydrogen-bond donors (Lipinski definition) is 2. The van der Waals surface area contributed by atoms with Crippen molar-refractivity contribution >= 4 is 41.3 Å². The predicted octanol–water partition coefficient (Wildman–Crippen LogP) is 4.47. The average Bonchev–Trinajstić information content (AvgIpc) is 3.32. The third-order valence-electron chi connectivity index (χ3n) is 4.71. The molecule has 0 amide bonds. The highest BCUT2D eigenvalue weighted by molar-refractivity contribution is 14.0. The molecule has 1 aromatic carbocycles. The molecule has 2 N–H and O–H groups in total. The smallest absolute Gasteiger partial charge is 0.191 e. The fourth-order valence-electron chi connectivity index (χ4n) is 3.07. The number of aromatic nitrogens is 1. The van der Waals surface area contributed by atoms with E-state index < -0.39 is 0 Å². The van der Waals surface area contributed by atoms with E-state index in [9.17, 15) is 0 Å². The predicted molar refractivity (Wildman–Crippen MR) is 134 cm³/mol. The van der Waals surface area contributed by atoms with Gasteiger partial charge in [-0.1, -0.05) is 24.3 Å². The van der Waals surface area contributed by atoms with Gasteiger partial charge in [0, 0.05) is 25.0 Å². The van der Waals surface area contributed by atoms with Crippen LogP contribution in [0.4, 0.5) is 0 Å². The zero-order chi connectivity index (χ0) is 20.6. The number of thiazole rings is 1. The van der Waals surface area contributed by atoms with E-state index in [2.05, 4.69) is 63.7 Å². The monoisotopic (exact) mass is 539 g/mol. The molecule has 162 valence electrons. The van der Waals surface area contributed by atoms with Crippen molar-refractivity contribution in [2.75, 3.05) is 14.1 Å². The Labute approximate surface area is 199 Å². The van der Waals surface area contributed by atoms with Crippen LogP contribution in [0.3, 0.4) is 0 Å². The molecule has 0 radical (unpaired) electrons. The molecule has 0 aliphatic carbocycles. The summed E-state index contributed by atoms with van der Waals surface area (Å²) in [7, 11) is 3.89. The molecule has 0 atom stereocenters. The number of aryl methyl sites for hydroxylation is 2. The van der Waals surface area contributed by atoms with Gasteiger partial charge in [-0.05, 0) is 44.2 Å². The normalized spacial score (nSPS) is 11.4. The molecule has 8 heteroatoms. The Morgan fingerprint density at radius 2 is 1.80 bits per heavy atom. The molecular formula is C22H30IN5OS. The highest BCUT2D eigenvalue weighted by Crippen LogP contribution is 2.16. The second kappa shape index (κ2) is 12.1. The maximum Gasteiger partial charge on any atom is 0.191 e. The summed E-state index contributed by atoms with van der Waals surface area (Å²) < 4.78 is 5.46. The first kappa shape index (κ1) is 24.4. The molecule has 30 heavy (non-hydrogen) atoms. The summed E-state index contributed by atoms with van der Waals surface area (Å²) in [6.45, 7) is 7.16. The van der Waals surface area contributed by atoms with Crippen molar-refractivity contribution in [3.05, 3.63) is 75.1 Å². The Morgan fingerprint density at radius 3 is 2.43 bits per heavy atom. The number of aliphatic imine (C=N–C) groups is 1. The van der Waals surface area contributed by atoms with Gasteiger partial charge in [0.25, 0.3) is 0 Å². The van der Waals surface area contributed by atoms with Crippen LogP contribution in [0.1, 0.15) is 32.5 Å². The number of benzene rings is 1. The number of guanidine groups is 1. The number of hydrogen-bond acceptors (Lipinski definition) is 5. The van der Waals surface area contributed by atoms with Crippen molar-refractivity contribution in [1.29, 1.82) is 0 Å². The molecule has 0 aliphatic rings. The molecule has 0 saturated carbocycles. The van der Waals surface area contributed by atoms with Crippen LogP contribution in [-0.4, -0.2) is 29.9 Å². The van der Waals surface area contributed by atoms with Gasteiger partial charge >= 0.3 is 0 Å². The molecule has 0 aliphatic heterocycles. The fourth-order valence-corrected chi connectivity index (χ4v) is 3.95. The first-order chi connectivity index (χ1) is 14.0. The van der Waals surface area contributed by atoms with Gasteiger partial charge in [0.15, 0.2) is 5.96 Å². The molecule has 0 fully saturated rings. The van der Waals surface area contributed by atoms with Crippen LogP contribution in [-0.2, 0) is 26.2 Å². The quantitative estimate of drug-likeness (QED) is 0.251. The zero-order valence-corrected chi connectivity index (χ0v) is 21.1. The molecule has 0 bridgehead atoms. The Morgan fingerprint density at radius 1 is 1.07 bits per heavy atom. The van der Waals surface area contributed by atoms with Gasteiger partial charge in [-0.2, -0.15) is 0 Å². The lowest BCUT2D eigenvalue weighted by molar-refractivity contribution is 0.287. The molecular weight excluding hydrogens is 509 g/mol. The summed E-state index contributed by atoms with van der Waals surface area (Å²) in [5, 5.41) is 7.84. The Hall–Kier alpha value is -1.91. The van der Waals surface area contributed by atoms with Crippen molar-refractivity contribution in [3.8, 4) is 0 Å². The van der Waals surface area contributed by atoms with E-state index >= 15 is 0 Å². The Bertz CT molecular complexity index is 919. The third-order valence-corrected chi connectivity index (χ3v) is 5.79. The lowest BCUT2D eigenvalue weighted by atomic mass is 10.1. The molecule has 0 saturated heterocycles. The van der Waals surface area contributed by atoms with Crippen molar-refractivity contribution in [2.24, 2.45) is 4.99 Å². The lowest BCUT2D eigenvalue weighted by Gasteiger charge is -2.19. The van der Waals surface area contributed by atoms with E-state index in [-0.39, 0.29) is 24.0 Å². The summed E-state index contributed by atoms with van der Waals surface area (Å²) in [6, 6.07) is 12.4. The lowest BCUT2D eigenvalue weighted by Crippen LogP contribution is -2.36. The van der Waals surface area contributed by atoms with Crippen LogP contribution in [0.15, 0.2) is 52.1 Å². The van der Waals surface area contributed by atoms with Gasteiger partial charge in [-0.15, -0.1) is 35.3 Å². The summed E-state index contributed by atoms with van der Waals surface area (Å²) in [6.07, 6.45) is 1.72. The van der Waals surface area contributed by atoms with Crippen LogP contribution in [0.2, 0.25) is 0 Å². The van der Waals surface area contributed by atoms with Crippen molar-refractivity contribution in [3.63, 3.8) is 0 Å². The van der Waals surface area contributed by atoms with Gasteiger partial charge in [0.1, 0.15) is 10.8 Å². The number of halogens is 1. The van der Waals surface area contributed by atoms with Crippen molar-refractivity contribution < 1.29 is 4.42 Å². The Balaban J connectivity index is 0.00000320. The minimum absolute atomic E-state index is 0. The first-order valence-corrected chi connectivity index (χ1v) is 10.5. The number of nitrogens with zero attached hydrogens (tertiary/aromatic N) is 3. The van der Waals surface area contributed by atoms with Gasteiger partial charge in [-0.25, -0.2) is 4.98 Å². The highest BCUT2D eigenvalue weighted by atomic mass is 127. The maximum atomic E-state index is 5.46. The summed E-state index contributed by atoms with van der Waals surface area (Å²) >= 11 is 1.72. The van der Waals surface area contributed by atoms with Crippen molar-refractivity contribution in [2.45, 2.75) is 40.0 Å². The third kappa shape index (κ3) is 7.10. The van der Waals surface area contributed by atoms with E-state index in [0.717, 1.165) is 35.5 Å². The van der Waals surface area contributed by atoms with Crippen LogP contribution in [0.5, 0.6) is 0 Å². The average molecular weight is 539 g/mol. The van der Waals surface area contributed by atoms with E-state index in [4.69, 9.17) is 4.42 Å². The van der Waals surface area contributed by atoms with Gasteiger partial charge < -0.3 is 15.1 Å². The largest absolute Gasteiger partial charge is 0.468 e. The van der Waals surface area contributed by atoms with E-state index in [1.807, 2.05) is 19.1 Å². The maximum absolute atomic E-state index is 5.46.